The lowest BCUT2D eigenvalue weighted by atomic mass is 9.85. The maximum Gasteiger partial charge on any atom is 0.161 e. The van der Waals surface area contributed by atoms with Gasteiger partial charge in [0, 0.05) is 3.57 Å². The van der Waals surface area contributed by atoms with Crippen LogP contribution in [0.15, 0.2) is 36.4 Å². The zero-order valence-corrected chi connectivity index (χ0v) is 10.9. The van der Waals surface area contributed by atoms with Crippen LogP contribution in [-0.2, 0) is 4.79 Å². The number of carbonyl (C=O) groups is 1. The van der Waals surface area contributed by atoms with Crippen molar-refractivity contribution >= 4 is 28.4 Å². The maximum atomic E-state index is 11.7. The second-order valence-electron chi connectivity index (χ2n) is 3.95. The number of benzene rings is 1. The van der Waals surface area contributed by atoms with Crippen LogP contribution in [0.5, 0.6) is 0 Å². The molecule has 2 atom stereocenters. The van der Waals surface area contributed by atoms with E-state index in [-0.39, 0.29) is 11.7 Å². The normalized spacial score (nSPS) is 22.1. The molecule has 2 rings (SSSR count). The third-order valence-corrected chi connectivity index (χ3v) is 3.88. The summed E-state index contributed by atoms with van der Waals surface area (Å²) in [5.74, 6) is -0.237. The lowest BCUT2D eigenvalue weighted by molar-refractivity contribution is -0.122. The van der Waals surface area contributed by atoms with Crippen molar-refractivity contribution in [2.75, 3.05) is 0 Å². The zero-order valence-electron chi connectivity index (χ0n) is 8.77. The summed E-state index contributed by atoms with van der Waals surface area (Å²) >= 11 is 2.19. The summed E-state index contributed by atoms with van der Waals surface area (Å²) in [6, 6.07) is 7.66. The number of ketones is 1. The molecule has 1 aromatic carbocycles. The molecule has 0 fully saturated rings. The van der Waals surface area contributed by atoms with Crippen LogP contribution in [0.25, 0.3) is 0 Å². The zero-order chi connectivity index (χ0) is 11.5. The molecule has 0 aromatic heterocycles. The van der Waals surface area contributed by atoms with Gasteiger partial charge in [0.2, 0.25) is 0 Å². The van der Waals surface area contributed by atoms with E-state index in [1.54, 1.807) is 6.08 Å². The first-order valence-corrected chi connectivity index (χ1v) is 6.41. The first-order valence-electron chi connectivity index (χ1n) is 5.33. The Morgan fingerprint density at radius 3 is 2.81 bits per heavy atom. The molecule has 3 heteroatoms. The predicted molar refractivity (Wildman–Crippen MR) is 71.0 cm³/mol. The second kappa shape index (κ2) is 5.10. The molecule has 0 saturated carbocycles. The van der Waals surface area contributed by atoms with Gasteiger partial charge in [-0.05, 0) is 53.1 Å². The number of aliphatic hydroxyl groups excluding tert-OH is 1. The van der Waals surface area contributed by atoms with Crippen LogP contribution in [0.3, 0.4) is 0 Å². The molecule has 2 nitrogen and oxygen atoms in total. The predicted octanol–water partition coefficient (Wildman–Crippen LogP) is 2.86. The Bertz CT molecular complexity index is 426. The van der Waals surface area contributed by atoms with E-state index in [1.165, 1.54) is 0 Å². The van der Waals surface area contributed by atoms with Crippen molar-refractivity contribution in [3.63, 3.8) is 0 Å². The number of halogens is 1. The number of allylic oxidation sites excluding steroid dienone is 2. The Morgan fingerprint density at radius 1 is 1.38 bits per heavy atom. The van der Waals surface area contributed by atoms with Crippen molar-refractivity contribution in [1.29, 1.82) is 0 Å². The highest BCUT2D eigenvalue weighted by atomic mass is 127. The molecule has 0 aliphatic heterocycles. The van der Waals surface area contributed by atoms with E-state index in [0.717, 1.165) is 22.0 Å². The van der Waals surface area contributed by atoms with Crippen LogP contribution < -0.4 is 0 Å². The van der Waals surface area contributed by atoms with Gasteiger partial charge in [-0.1, -0.05) is 24.3 Å². The molecular weight excluding hydrogens is 315 g/mol. The molecule has 2 unspecified atom stereocenters. The Morgan fingerprint density at radius 2 is 2.12 bits per heavy atom. The minimum atomic E-state index is -0.675. The van der Waals surface area contributed by atoms with Gasteiger partial charge in [0.15, 0.2) is 5.78 Å². The van der Waals surface area contributed by atoms with Crippen LogP contribution in [0, 0.1) is 9.49 Å². The van der Waals surface area contributed by atoms with Crippen LogP contribution in [-0.4, -0.2) is 10.9 Å². The SMILES string of the molecule is O=C1C=CCCC1C(O)c1ccccc1I. The van der Waals surface area contributed by atoms with Gasteiger partial charge >= 0.3 is 0 Å². The molecule has 0 spiro atoms. The molecule has 1 aliphatic rings. The standard InChI is InChI=1S/C13H13IO2/c14-11-7-3-1-5-9(11)13(16)10-6-2-4-8-12(10)15/h1,3-5,7-8,10,13,16H,2,6H2. The first kappa shape index (κ1) is 11.8. The number of hydrogen-bond acceptors (Lipinski definition) is 2. The summed E-state index contributed by atoms with van der Waals surface area (Å²) in [5, 5.41) is 10.2. The molecule has 84 valence electrons. The van der Waals surface area contributed by atoms with Gasteiger partial charge in [-0.15, -0.1) is 0 Å². The molecule has 1 aromatic rings. The smallest absolute Gasteiger partial charge is 0.161 e. The second-order valence-corrected chi connectivity index (χ2v) is 5.12. The van der Waals surface area contributed by atoms with Gasteiger partial charge in [-0.2, -0.15) is 0 Å². The summed E-state index contributed by atoms with van der Waals surface area (Å²) in [4.78, 5) is 11.7. The third-order valence-electron chi connectivity index (χ3n) is 2.90. The first-order chi connectivity index (χ1) is 7.70. The van der Waals surface area contributed by atoms with Crippen molar-refractivity contribution in [2.24, 2.45) is 5.92 Å². The van der Waals surface area contributed by atoms with E-state index in [4.69, 9.17) is 0 Å². The van der Waals surface area contributed by atoms with Crippen molar-refractivity contribution in [3.8, 4) is 0 Å². The van der Waals surface area contributed by atoms with Crippen molar-refractivity contribution in [3.05, 3.63) is 45.6 Å². The average Bonchev–Trinajstić information content (AvgIpc) is 2.29. The number of rotatable bonds is 2. The summed E-state index contributed by atoms with van der Waals surface area (Å²) in [5.41, 5.74) is 0.858. The van der Waals surface area contributed by atoms with Crippen LogP contribution in [0.2, 0.25) is 0 Å². The van der Waals surface area contributed by atoms with E-state index in [1.807, 2.05) is 30.3 Å². The molecule has 1 aliphatic carbocycles. The fraction of sp³-hybridized carbons (Fsp3) is 0.308. The van der Waals surface area contributed by atoms with Gasteiger partial charge in [0.05, 0.1) is 12.0 Å². The molecule has 0 bridgehead atoms. The highest BCUT2D eigenvalue weighted by Crippen LogP contribution is 2.31. The molecular formula is C13H13IO2. The molecule has 1 N–H and O–H groups in total. The monoisotopic (exact) mass is 328 g/mol. The van der Waals surface area contributed by atoms with Crippen molar-refractivity contribution < 1.29 is 9.90 Å². The van der Waals surface area contributed by atoms with E-state index in [0.29, 0.717) is 0 Å². The Hall–Kier alpha value is -0.680. The fourth-order valence-corrected chi connectivity index (χ4v) is 2.69. The minimum absolute atomic E-state index is 0.0402. The summed E-state index contributed by atoms with van der Waals surface area (Å²) in [6.07, 6.45) is 4.40. The van der Waals surface area contributed by atoms with Gasteiger partial charge in [-0.25, -0.2) is 0 Å². The summed E-state index contributed by atoms with van der Waals surface area (Å²) in [7, 11) is 0. The van der Waals surface area contributed by atoms with Gasteiger partial charge < -0.3 is 5.11 Å². The topological polar surface area (TPSA) is 37.3 Å². The number of hydrogen-bond donors (Lipinski definition) is 1. The molecule has 0 heterocycles. The van der Waals surface area contributed by atoms with E-state index < -0.39 is 6.10 Å². The highest BCUT2D eigenvalue weighted by Gasteiger charge is 2.28. The molecule has 0 radical (unpaired) electrons. The van der Waals surface area contributed by atoms with E-state index in [2.05, 4.69) is 22.6 Å². The number of carbonyl (C=O) groups excluding carboxylic acids is 1. The maximum absolute atomic E-state index is 11.7. The largest absolute Gasteiger partial charge is 0.388 e. The Balaban J connectivity index is 2.25. The summed E-state index contributed by atoms with van der Waals surface area (Å²) in [6.45, 7) is 0. The lowest BCUT2D eigenvalue weighted by Gasteiger charge is -2.23. The summed E-state index contributed by atoms with van der Waals surface area (Å²) < 4.78 is 1.01. The fourth-order valence-electron chi connectivity index (χ4n) is 1.99. The highest BCUT2D eigenvalue weighted by molar-refractivity contribution is 14.1. The molecule has 16 heavy (non-hydrogen) atoms. The molecule has 0 saturated heterocycles. The minimum Gasteiger partial charge on any atom is -0.388 e. The van der Waals surface area contributed by atoms with Crippen molar-refractivity contribution in [1.82, 2.24) is 0 Å². The quantitative estimate of drug-likeness (QED) is 0.848. The Kier molecular flexibility index (Phi) is 3.76. The number of aliphatic hydroxyl groups is 1. The van der Waals surface area contributed by atoms with Gasteiger partial charge in [0.25, 0.3) is 0 Å². The van der Waals surface area contributed by atoms with E-state index in [9.17, 15) is 9.90 Å². The van der Waals surface area contributed by atoms with Crippen molar-refractivity contribution in [2.45, 2.75) is 18.9 Å². The lowest BCUT2D eigenvalue weighted by Crippen LogP contribution is -2.23. The van der Waals surface area contributed by atoms with Gasteiger partial charge in [-0.3, -0.25) is 4.79 Å². The van der Waals surface area contributed by atoms with Crippen LogP contribution in [0.4, 0.5) is 0 Å². The van der Waals surface area contributed by atoms with E-state index >= 15 is 0 Å². The van der Waals surface area contributed by atoms with Crippen LogP contribution >= 0.6 is 22.6 Å². The third kappa shape index (κ3) is 2.35. The Labute approximate surface area is 109 Å². The molecule has 0 amide bonds. The average molecular weight is 328 g/mol. The van der Waals surface area contributed by atoms with Crippen LogP contribution in [0.1, 0.15) is 24.5 Å². The van der Waals surface area contributed by atoms with Gasteiger partial charge in [0.1, 0.15) is 0 Å².